The summed E-state index contributed by atoms with van der Waals surface area (Å²) in [4.78, 5) is 25.8. The molecule has 1 amide bonds. The van der Waals surface area contributed by atoms with Crippen molar-refractivity contribution in [3.63, 3.8) is 0 Å². The Hall–Kier alpha value is -3.09. The molecule has 1 aliphatic heterocycles. The number of anilines is 1. The number of nitrogens with zero attached hydrogens (tertiary/aromatic N) is 3. The molecule has 2 heterocycles. The molecule has 0 spiro atoms. The Balaban J connectivity index is 1.80. The lowest BCUT2D eigenvalue weighted by molar-refractivity contribution is -0.189. The number of aromatic nitrogens is 3. The molecule has 4 rings (SSSR count). The van der Waals surface area contributed by atoms with E-state index in [1.54, 1.807) is 0 Å². The molecule has 14 heteroatoms. The summed E-state index contributed by atoms with van der Waals surface area (Å²) < 4.78 is 67.3. The van der Waals surface area contributed by atoms with Gasteiger partial charge in [0.15, 0.2) is 11.9 Å². The van der Waals surface area contributed by atoms with Crippen molar-refractivity contribution in [2.75, 3.05) is 11.9 Å². The average molecular weight is 549 g/mol. The van der Waals surface area contributed by atoms with Gasteiger partial charge in [-0.3, -0.25) is 9.36 Å². The molecule has 2 aromatic carbocycles. The van der Waals surface area contributed by atoms with Crippen molar-refractivity contribution >= 4 is 34.8 Å². The maximum absolute atomic E-state index is 15.2. The number of carbonyl (C=O) groups excluding carboxylic acids is 1. The summed E-state index contributed by atoms with van der Waals surface area (Å²) in [5.74, 6) is -2.56. The van der Waals surface area contributed by atoms with Gasteiger partial charge < -0.3 is 14.8 Å². The highest BCUT2D eigenvalue weighted by Gasteiger charge is 2.39. The van der Waals surface area contributed by atoms with Gasteiger partial charge in [-0.15, -0.1) is 5.10 Å². The number of nitrogens with one attached hydrogen (secondary N) is 1. The molecule has 0 fully saturated rings. The summed E-state index contributed by atoms with van der Waals surface area (Å²) in [5.41, 5.74) is -1.83. The zero-order chi connectivity index (χ0) is 26.2. The number of hydrogen-bond acceptors (Lipinski definition) is 5. The minimum atomic E-state index is -4.80. The molecule has 0 radical (unpaired) electrons. The van der Waals surface area contributed by atoms with Crippen LogP contribution in [0, 0.1) is 5.82 Å². The lowest BCUT2D eigenvalue weighted by Gasteiger charge is -2.20. The lowest BCUT2D eigenvalue weighted by Crippen LogP contribution is -2.32. The van der Waals surface area contributed by atoms with E-state index in [4.69, 9.17) is 32.7 Å². The van der Waals surface area contributed by atoms with Gasteiger partial charge in [0.05, 0.1) is 21.3 Å². The smallest absolute Gasteiger partial charge is 0.425 e. The zero-order valence-electron chi connectivity index (χ0n) is 18.5. The fourth-order valence-corrected chi connectivity index (χ4v) is 3.94. The normalized spacial score (nSPS) is 14.6. The predicted molar refractivity (Wildman–Crippen MR) is 123 cm³/mol. The largest absolute Gasteiger partial charge is 0.480 e. The molecular weight excluding hydrogens is 531 g/mol. The Labute approximate surface area is 211 Å². The molecule has 0 saturated carbocycles. The standard InChI is InChI=1S/C22H18Cl2F4N4O4/c1-11(22(26,27)28)36-17-9-16(32-21(34)31-6-3-7-35-10-18(31)30-32)15(25)8-12(17)20(33)29-19-13(23)4-2-5-14(19)24/h2,4-5,8-9,11H,3,6-7,10H2,1H3,(H,29,33)/t11-/m0/s1. The van der Waals surface area contributed by atoms with Crippen LogP contribution in [0.3, 0.4) is 0 Å². The minimum absolute atomic E-state index is 0.00257. The monoisotopic (exact) mass is 548 g/mol. The van der Waals surface area contributed by atoms with Gasteiger partial charge in [0, 0.05) is 19.2 Å². The van der Waals surface area contributed by atoms with Crippen molar-refractivity contribution in [1.29, 1.82) is 0 Å². The Morgan fingerprint density at radius 2 is 1.94 bits per heavy atom. The van der Waals surface area contributed by atoms with E-state index < -0.39 is 46.7 Å². The van der Waals surface area contributed by atoms with E-state index in [0.717, 1.165) is 13.0 Å². The molecule has 0 aliphatic carbocycles. The van der Waals surface area contributed by atoms with E-state index in [-0.39, 0.29) is 34.7 Å². The fourth-order valence-electron chi connectivity index (χ4n) is 3.45. The molecule has 0 unspecified atom stereocenters. The molecule has 1 N–H and O–H groups in total. The van der Waals surface area contributed by atoms with E-state index >= 15 is 4.39 Å². The van der Waals surface area contributed by atoms with Crippen LogP contribution in [0.4, 0.5) is 23.2 Å². The van der Waals surface area contributed by atoms with Gasteiger partial charge in [-0.1, -0.05) is 29.3 Å². The first-order valence-electron chi connectivity index (χ1n) is 10.6. The maximum Gasteiger partial charge on any atom is 0.425 e. The SMILES string of the molecule is C[C@H](Oc1cc(-n2nc3n(c2=O)CCCOC3)c(F)cc1C(=O)Nc1c(Cl)cccc1Cl)C(F)(F)F. The molecule has 3 aromatic rings. The molecule has 1 aromatic heterocycles. The first-order valence-corrected chi connectivity index (χ1v) is 11.3. The summed E-state index contributed by atoms with van der Waals surface area (Å²) in [6, 6.07) is 5.84. The number of hydrogen-bond donors (Lipinski definition) is 1. The second-order valence-electron chi connectivity index (χ2n) is 7.82. The topological polar surface area (TPSA) is 87.4 Å². The van der Waals surface area contributed by atoms with Crippen LogP contribution >= 0.6 is 23.2 Å². The first-order chi connectivity index (χ1) is 17.0. The van der Waals surface area contributed by atoms with Gasteiger partial charge in [0.25, 0.3) is 5.91 Å². The first kappa shape index (κ1) is 26.0. The number of halogens is 6. The number of ether oxygens (including phenoxy) is 2. The third kappa shape index (κ3) is 5.20. The molecule has 1 aliphatic rings. The average Bonchev–Trinajstić information content (AvgIpc) is 2.96. The van der Waals surface area contributed by atoms with Crippen LogP contribution in [0.25, 0.3) is 5.69 Å². The van der Waals surface area contributed by atoms with Crippen molar-refractivity contribution < 1.29 is 31.8 Å². The molecule has 1 atom stereocenters. The van der Waals surface area contributed by atoms with Crippen molar-refractivity contribution in [1.82, 2.24) is 14.3 Å². The van der Waals surface area contributed by atoms with Crippen LogP contribution in [0.1, 0.15) is 29.5 Å². The van der Waals surface area contributed by atoms with E-state index in [0.29, 0.717) is 23.8 Å². The van der Waals surface area contributed by atoms with E-state index in [2.05, 4.69) is 10.4 Å². The third-order valence-corrected chi connectivity index (χ3v) is 5.96. The summed E-state index contributed by atoms with van der Waals surface area (Å²) in [5, 5.41) is 6.52. The summed E-state index contributed by atoms with van der Waals surface area (Å²) in [6.07, 6.45) is -6.65. The molecular formula is C22H18Cl2F4N4O4. The molecule has 192 valence electrons. The van der Waals surface area contributed by atoms with Crippen LogP contribution < -0.4 is 15.7 Å². The minimum Gasteiger partial charge on any atom is -0.480 e. The number of rotatable bonds is 5. The molecule has 0 saturated heterocycles. The Bertz CT molecular complexity index is 1350. The highest BCUT2D eigenvalue weighted by molar-refractivity contribution is 6.40. The Morgan fingerprint density at radius 3 is 2.61 bits per heavy atom. The van der Waals surface area contributed by atoms with Crippen molar-refractivity contribution in [3.8, 4) is 11.4 Å². The molecule has 0 bridgehead atoms. The van der Waals surface area contributed by atoms with Crippen molar-refractivity contribution in [2.45, 2.75) is 38.8 Å². The summed E-state index contributed by atoms with van der Waals surface area (Å²) in [6.45, 7) is 1.39. The molecule has 8 nitrogen and oxygen atoms in total. The highest BCUT2D eigenvalue weighted by Crippen LogP contribution is 2.34. The van der Waals surface area contributed by atoms with Crippen molar-refractivity contribution in [2.24, 2.45) is 0 Å². The highest BCUT2D eigenvalue weighted by atomic mass is 35.5. The van der Waals surface area contributed by atoms with Gasteiger partial charge in [-0.2, -0.15) is 17.9 Å². The van der Waals surface area contributed by atoms with Crippen LogP contribution in [-0.2, 0) is 17.9 Å². The zero-order valence-corrected chi connectivity index (χ0v) is 20.0. The summed E-state index contributed by atoms with van der Waals surface area (Å²) in [7, 11) is 0. The predicted octanol–water partition coefficient (Wildman–Crippen LogP) is 4.98. The molecule has 36 heavy (non-hydrogen) atoms. The summed E-state index contributed by atoms with van der Waals surface area (Å²) >= 11 is 12.1. The van der Waals surface area contributed by atoms with E-state index in [1.807, 2.05) is 0 Å². The van der Waals surface area contributed by atoms with Gasteiger partial charge in [0.2, 0.25) is 0 Å². The lowest BCUT2D eigenvalue weighted by atomic mass is 10.1. The second kappa shape index (κ2) is 10.1. The Kier molecular flexibility index (Phi) is 7.30. The number of amides is 1. The number of carbonyl (C=O) groups is 1. The number of benzene rings is 2. The van der Waals surface area contributed by atoms with Gasteiger partial charge >= 0.3 is 11.9 Å². The van der Waals surface area contributed by atoms with E-state index in [9.17, 15) is 22.8 Å². The van der Waals surface area contributed by atoms with Crippen molar-refractivity contribution in [3.05, 3.63) is 68.1 Å². The number of para-hydroxylation sites is 1. The quantitative estimate of drug-likeness (QED) is 0.454. The van der Waals surface area contributed by atoms with Crippen LogP contribution in [0.5, 0.6) is 5.75 Å². The van der Waals surface area contributed by atoms with Crippen LogP contribution in [0.2, 0.25) is 10.0 Å². The van der Waals surface area contributed by atoms with E-state index in [1.165, 1.54) is 22.8 Å². The van der Waals surface area contributed by atoms with Gasteiger partial charge in [-0.05, 0) is 31.5 Å². The maximum atomic E-state index is 15.2. The van der Waals surface area contributed by atoms with Crippen LogP contribution in [0.15, 0.2) is 35.1 Å². The van der Waals surface area contributed by atoms with Gasteiger partial charge in [-0.25, -0.2) is 9.18 Å². The fraction of sp³-hybridized carbons (Fsp3) is 0.318. The Morgan fingerprint density at radius 1 is 1.25 bits per heavy atom. The second-order valence-corrected chi connectivity index (χ2v) is 8.64. The van der Waals surface area contributed by atoms with Crippen LogP contribution in [-0.4, -0.2) is 39.1 Å². The number of alkyl halides is 3. The number of fused-ring (bicyclic) bond motifs is 1. The van der Waals surface area contributed by atoms with Gasteiger partial charge in [0.1, 0.15) is 23.9 Å². The third-order valence-electron chi connectivity index (χ3n) is 5.33.